The number of nitrogens with zero attached hydrogens (tertiary/aromatic N) is 4. The van der Waals surface area contributed by atoms with E-state index in [-0.39, 0.29) is 17.5 Å². The molecular weight excluding hydrogens is 226 g/mol. The fraction of sp³-hybridized carbons (Fsp3) is 0.111. The van der Waals surface area contributed by atoms with Crippen LogP contribution in [0, 0.1) is 10.1 Å². The first-order valence-corrected chi connectivity index (χ1v) is 4.64. The number of nitro groups is 1. The molecule has 0 saturated carbocycles. The van der Waals surface area contributed by atoms with Crippen molar-refractivity contribution in [2.24, 2.45) is 5.84 Å². The summed E-state index contributed by atoms with van der Waals surface area (Å²) in [4.78, 5) is 17.9. The predicted molar refractivity (Wildman–Crippen MR) is 59.0 cm³/mol. The van der Waals surface area contributed by atoms with Gasteiger partial charge in [-0.3, -0.25) is 15.1 Å². The summed E-state index contributed by atoms with van der Waals surface area (Å²) in [5, 5.41) is 11.8. The summed E-state index contributed by atoms with van der Waals surface area (Å²) < 4.78 is 4.98. The topological polar surface area (TPSA) is 111 Å². The van der Waals surface area contributed by atoms with E-state index in [1.807, 2.05) is 0 Å². The number of aromatic nitrogens is 2. The molecule has 2 aromatic heterocycles. The zero-order chi connectivity index (χ0) is 12.4. The van der Waals surface area contributed by atoms with Gasteiger partial charge >= 0.3 is 5.88 Å². The van der Waals surface area contributed by atoms with E-state index in [1.165, 1.54) is 23.3 Å². The lowest BCUT2D eigenvalue weighted by molar-refractivity contribution is -0.401. The summed E-state index contributed by atoms with van der Waals surface area (Å²) in [5.41, 5.74) is 0. The molecule has 0 aromatic carbocycles. The zero-order valence-electron chi connectivity index (χ0n) is 8.90. The molecule has 0 aliphatic carbocycles. The Bertz CT molecular complexity index is 551. The third kappa shape index (κ3) is 2.21. The fourth-order valence-electron chi connectivity index (χ4n) is 1.21. The van der Waals surface area contributed by atoms with Gasteiger partial charge in [0.05, 0.1) is 6.07 Å². The van der Waals surface area contributed by atoms with E-state index in [2.05, 4.69) is 9.97 Å². The summed E-state index contributed by atoms with van der Waals surface area (Å²) in [6.07, 6.45) is 1.50. The van der Waals surface area contributed by atoms with Crippen LogP contribution in [0.4, 0.5) is 11.7 Å². The van der Waals surface area contributed by atoms with Gasteiger partial charge < -0.3 is 4.42 Å². The van der Waals surface area contributed by atoms with Crippen LogP contribution < -0.4 is 10.9 Å². The molecule has 0 unspecified atom stereocenters. The molecule has 0 saturated heterocycles. The molecule has 0 spiro atoms. The van der Waals surface area contributed by atoms with Crippen molar-refractivity contribution in [3.8, 4) is 11.6 Å². The minimum Gasteiger partial charge on any atom is -0.397 e. The fourth-order valence-corrected chi connectivity index (χ4v) is 1.21. The highest BCUT2D eigenvalue weighted by Crippen LogP contribution is 2.23. The van der Waals surface area contributed by atoms with E-state index in [4.69, 9.17) is 10.3 Å². The van der Waals surface area contributed by atoms with Gasteiger partial charge in [0.25, 0.3) is 0 Å². The molecule has 0 amide bonds. The van der Waals surface area contributed by atoms with Crippen molar-refractivity contribution in [1.82, 2.24) is 9.97 Å². The van der Waals surface area contributed by atoms with Gasteiger partial charge in [-0.15, -0.1) is 0 Å². The van der Waals surface area contributed by atoms with E-state index < -0.39 is 4.92 Å². The molecule has 0 bridgehead atoms. The lowest BCUT2D eigenvalue weighted by Gasteiger charge is -2.10. The highest BCUT2D eigenvalue weighted by atomic mass is 16.6. The quantitative estimate of drug-likeness (QED) is 0.479. The minimum absolute atomic E-state index is 0.223. The zero-order valence-corrected chi connectivity index (χ0v) is 8.90. The Morgan fingerprint density at radius 1 is 1.47 bits per heavy atom. The van der Waals surface area contributed by atoms with Crippen molar-refractivity contribution >= 4 is 11.7 Å². The van der Waals surface area contributed by atoms with E-state index in [9.17, 15) is 10.1 Å². The van der Waals surface area contributed by atoms with E-state index >= 15 is 0 Å². The number of rotatable bonds is 3. The predicted octanol–water partition coefficient (Wildman–Crippen LogP) is 0.955. The lowest BCUT2D eigenvalue weighted by Crippen LogP contribution is -2.26. The molecule has 0 atom stereocenters. The molecule has 2 heterocycles. The first-order valence-electron chi connectivity index (χ1n) is 4.64. The summed E-state index contributed by atoms with van der Waals surface area (Å²) in [6, 6.07) is 4.30. The first-order chi connectivity index (χ1) is 8.08. The Kier molecular flexibility index (Phi) is 2.71. The van der Waals surface area contributed by atoms with Gasteiger partial charge in [-0.1, -0.05) is 0 Å². The molecule has 2 rings (SSSR count). The number of nitrogens with two attached hydrogens (primary N) is 1. The van der Waals surface area contributed by atoms with Crippen LogP contribution in [0.5, 0.6) is 0 Å². The van der Waals surface area contributed by atoms with Crippen LogP contribution in [0.25, 0.3) is 11.6 Å². The second kappa shape index (κ2) is 4.18. The van der Waals surface area contributed by atoms with Crippen molar-refractivity contribution < 1.29 is 9.34 Å². The van der Waals surface area contributed by atoms with Gasteiger partial charge in [-0.25, -0.2) is 15.8 Å². The summed E-state index contributed by atoms with van der Waals surface area (Å²) in [5.74, 6) is 6.11. The standard InChI is InChI=1S/C9H9N5O3/c1-13(10)7-4-5-11-9(12-7)6-2-3-8(17-6)14(15)16/h2-5H,10H2,1H3. The molecule has 8 heteroatoms. The van der Waals surface area contributed by atoms with Crippen LogP contribution in [-0.2, 0) is 0 Å². The molecule has 0 fully saturated rings. The lowest BCUT2D eigenvalue weighted by atomic mass is 10.4. The van der Waals surface area contributed by atoms with Crippen LogP contribution in [-0.4, -0.2) is 21.9 Å². The number of furan rings is 1. The number of hydrazine groups is 1. The van der Waals surface area contributed by atoms with Gasteiger partial charge in [-0.2, -0.15) is 0 Å². The number of hydrogen-bond acceptors (Lipinski definition) is 7. The summed E-state index contributed by atoms with van der Waals surface area (Å²) >= 11 is 0. The van der Waals surface area contributed by atoms with Crippen LogP contribution in [0.3, 0.4) is 0 Å². The largest absolute Gasteiger partial charge is 0.433 e. The molecular formula is C9H9N5O3. The maximum absolute atomic E-state index is 10.5. The molecule has 88 valence electrons. The van der Waals surface area contributed by atoms with Crippen LogP contribution in [0.15, 0.2) is 28.8 Å². The van der Waals surface area contributed by atoms with Crippen molar-refractivity contribution in [3.63, 3.8) is 0 Å². The van der Waals surface area contributed by atoms with Gasteiger partial charge in [0.2, 0.25) is 0 Å². The van der Waals surface area contributed by atoms with E-state index in [0.717, 1.165) is 0 Å². The maximum Gasteiger partial charge on any atom is 0.433 e. The molecule has 0 aliphatic rings. The normalized spacial score (nSPS) is 10.2. The molecule has 2 aromatic rings. The van der Waals surface area contributed by atoms with Gasteiger partial charge in [0.1, 0.15) is 10.7 Å². The van der Waals surface area contributed by atoms with Gasteiger partial charge in [0.15, 0.2) is 11.6 Å². The first kappa shape index (κ1) is 11.0. The van der Waals surface area contributed by atoms with Crippen LogP contribution in [0.1, 0.15) is 0 Å². The SMILES string of the molecule is CN(N)c1ccnc(-c2ccc([N+](=O)[O-])o2)n1. The maximum atomic E-state index is 10.5. The molecule has 17 heavy (non-hydrogen) atoms. The highest BCUT2D eigenvalue weighted by molar-refractivity contribution is 5.52. The third-order valence-corrected chi connectivity index (χ3v) is 1.99. The highest BCUT2D eigenvalue weighted by Gasteiger charge is 2.15. The minimum atomic E-state index is -0.623. The second-order valence-corrected chi connectivity index (χ2v) is 3.24. The Morgan fingerprint density at radius 3 is 2.82 bits per heavy atom. The van der Waals surface area contributed by atoms with Crippen molar-refractivity contribution in [1.29, 1.82) is 0 Å². The van der Waals surface area contributed by atoms with E-state index in [1.54, 1.807) is 13.1 Å². The summed E-state index contributed by atoms with van der Waals surface area (Å²) in [6.45, 7) is 0. The Morgan fingerprint density at radius 2 is 2.24 bits per heavy atom. The Labute approximate surface area is 95.8 Å². The van der Waals surface area contributed by atoms with Crippen LogP contribution >= 0.6 is 0 Å². The Hall–Kier alpha value is -2.48. The molecule has 8 nitrogen and oxygen atoms in total. The smallest absolute Gasteiger partial charge is 0.397 e. The molecule has 2 N–H and O–H groups in total. The molecule has 0 aliphatic heterocycles. The third-order valence-electron chi connectivity index (χ3n) is 1.99. The second-order valence-electron chi connectivity index (χ2n) is 3.24. The summed E-state index contributed by atoms with van der Waals surface area (Å²) in [7, 11) is 1.62. The Balaban J connectivity index is 2.38. The molecule has 0 radical (unpaired) electrons. The van der Waals surface area contributed by atoms with E-state index in [0.29, 0.717) is 5.82 Å². The average molecular weight is 235 g/mol. The number of hydrogen-bond donors (Lipinski definition) is 1. The van der Waals surface area contributed by atoms with Crippen molar-refractivity contribution in [3.05, 3.63) is 34.5 Å². The van der Waals surface area contributed by atoms with Crippen LogP contribution in [0.2, 0.25) is 0 Å². The van der Waals surface area contributed by atoms with Gasteiger partial charge in [0, 0.05) is 19.3 Å². The number of anilines is 1. The van der Waals surface area contributed by atoms with Crippen molar-refractivity contribution in [2.45, 2.75) is 0 Å². The van der Waals surface area contributed by atoms with Crippen molar-refractivity contribution in [2.75, 3.05) is 12.1 Å². The average Bonchev–Trinajstić information content (AvgIpc) is 2.78. The van der Waals surface area contributed by atoms with Gasteiger partial charge in [-0.05, 0) is 6.07 Å². The monoisotopic (exact) mass is 235 g/mol.